The average Bonchev–Trinajstić information content (AvgIpc) is 2.36. The Morgan fingerprint density at radius 3 is 2.45 bits per heavy atom. The van der Waals surface area contributed by atoms with Crippen molar-refractivity contribution in [1.82, 2.24) is 5.32 Å². The van der Waals surface area contributed by atoms with Gasteiger partial charge < -0.3 is 10.4 Å². The van der Waals surface area contributed by atoms with Crippen molar-refractivity contribution in [3.63, 3.8) is 0 Å². The Morgan fingerprint density at radius 2 is 1.95 bits per heavy atom. The smallest absolute Gasteiger partial charge is 0.391 e. The molecule has 0 saturated carbocycles. The van der Waals surface area contributed by atoms with E-state index in [4.69, 9.17) is 5.11 Å². The minimum Gasteiger partial charge on any atom is -0.480 e. The first kappa shape index (κ1) is 16.4. The first-order valence-electron chi connectivity index (χ1n) is 5.48. The molecule has 1 amide bonds. The monoisotopic (exact) mass is 307 g/mol. The van der Waals surface area contributed by atoms with Gasteiger partial charge >= 0.3 is 12.1 Å². The van der Waals surface area contributed by atoms with E-state index in [9.17, 15) is 22.8 Å². The van der Waals surface area contributed by atoms with E-state index < -0.39 is 30.5 Å². The number of rotatable bonds is 5. The van der Waals surface area contributed by atoms with Gasteiger partial charge in [-0.3, -0.25) is 4.79 Å². The van der Waals surface area contributed by atoms with Crippen LogP contribution in [0.25, 0.3) is 0 Å². The van der Waals surface area contributed by atoms with Crippen molar-refractivity contribution < 1.29 is 27.9 Å². The molecule has 0 aliphatic rings. The maximum Gasteiger partial charge on any atom is 0.391 e. The number of carbonyl (C=O) groups excluding carboxylic acids is 1. The third-order valence-electron chi connectivity index (χ3n) is 2.39. The Balaban J connectivity index is 2.89. The number of alkyl halides is 3. The van der Waals surface area contributed by atoms with Gasteiger partial charge in [0, 0.05) is 4.90 Å². The fraction of sp³-hybridized carbons (Fsp3) is 0.333. The van der Waals surface area contributed by atoms with Crippen LogP contribution in [0.1, 0.15) is 16.8 Å². The SMILES string of the molecule is CSc1ccccc1C(=O)NC(CC(F)(F)F)C(=O)O. The largest absolute Gasteiger partial charge is 0.480 e. The Hall–Kier alpha value is -1.70. The molecule has 4 nitrogen and oxygen atoms in total. The van der Waals surface area contributed by atoms with Crippen molar-refractivity contribution in [2.24, 2.45) is 0 Å². The molecule has 1 unspecified atom stereocenters. The summed E-state index contributed by atoms with van der Waals surface area (Å²) in [6, 6.07) is 4.27. The molecule has 1 aromatic rings. The number of carbonyl (C=O) groups is 2. The van der Waals surface area contributed by atoms with Gasteiger partial charge in [-0.1, -0.05) is 12.1 Å². The maximum atomic E-state index is 12.2. The summed E-state index contributed by atoms with van der Waals surface area (Å²) in [4.78, 5) is 23.2. The molecular formula is C12H12F3NO3S. The van der Waals surface area contributed by atoms with Crippen LogP contribution < -0.4 is 5.32 Å². The summed E-state index contributed by atoms with van der Waals surface area (Å²) in [6.45, 7) is 0. The summed E-state index contributed by atoms with van der Waals surface area (Å²) < 4.78 is 36.7. The molecule has 1 aromatic carbocycles. The zero-order valence-electron chi connectivity index (χ0n) is 10.4. The molecular weight excluding hydrogens is 295 g/mol. The fourth-order valence-electron chi connectivity index (χ4n) is 1.50. The highest BCUT2D eigenvalue weighted by molar-refractivity contribution is 7.98. The van der Waals surface area contributed by atoms with Gasteiger partial charge in [0.2, 0.25) is 0 Å². The van der Waals surface area contributed by atoms with Crippen LogP contribution in [0.3, 0.4) is 0 Å². The highest BCUT2D eigenvalue weighted by Gasteiger charge is 2.36. The molecule has 0 bridgehead atoms. The number of aliphatic carboxylic acids is 1. The van der Waals surface area contributed by atoms with Crippen molar-refractivity contribution in [3.8, 4) is 0 Å². The van der Waals surface area contributed by atoms with Crippen LogP contribution >= 0.6 is 11.8 Å². The predicted molar refractivity (Wildman–Crippen MR) is 67.8 cm³/mol. The van der Waals surface area contributed by atoms with Crippen molar-refractivity contribution in [1.29, 1.82) is 0 Å². The molecule has 0 heterocycles. The van der Waals surface area contributed by atoms with E-state index in [2.05, 4.69) is 0 Å². The Kier molecular flexibility index (Phi) is 5.43. The molecule has 20 heavy (non-hydrogen) atoms. The normalized spacial score (nSPS) is 12.8. The van der Waals surface area contributed by atoms with E-state index >= 15 is 0 Å². The summed E-state index contributed by atoms with van der Waals surface area (Å²) in [5.74, 6) is -2.57. The van der Waals surface area contributed by atoms with Gasteiger partial charge in [0.1, 0.15) is 6.04 Å². The molecule has 0 fully saturated rings. The standard InChI is InChI=1S/C12H12F3NO3S/c1-20-9-5-3-2-4-7(9)10(17)16-8(11(18)19)6-12(13,14)15/h2-5,8H,6H2,1H3,(H,16,17)(H,18,19). The molecule has 110 valence electrons. The molecule has 0 aromatic heterocycles. The van der Waals surface area contributed by atoms with Gasteiger partial charge in [-0.15, -0.1) is 11.8 Å². The summed E-state index contributed by atoms with van der Waals surface area (Å²) >= 11 is 1.24. The van der Waals surface area contributed by atoms with Gasteiger partial charge in [0.25, 0.3) is 5.91 Å². The summed E-state index contributed by atoms with van der Waals surface area (Å²) in [5, 5.41) is 10.6. The van der Waals surface area contributed by atoms with Gasteiger partial charge in [-0.2, -0.15) is 13.2 Å². The second-order valence-corrected chi connectivity index (χ2v) is 4.73. The quantitative estimate of drug-likeness (QED) is 0.820. The fourth-order valence-corrected chi connectivity index (χ4v) is 2.10. The molecule has 8 heteroatoms. The number of carboxylic acid groups (broad SMARTS) is 1. The topological polar surface area (TPSA) is 66.4 Å². The average molecular weight is 307 g/mol. The highest BCUT2D eigenvalue weighted by atomic mass is 32.2. The van der Waals surface area contributed by atoms with Gasteiger partial charge in [0.15, 0.2) is 0 Å². The van der Waals surface area contributed by atoms with Gasteiger partial charge in [-0.25, -0.2) is 4.79 Å². The minimum atomic E-state index is -4.67. The first-order valence-corrected chi connectivity index (χ1v) is 6.70. The predicted octanol–water partition coefficient (Wildman–Crippen LogP) is 2.54. The van der Waals surface area contributed by atoms with E-state index in [1.54, 1.807) is 24.5 Å². The first-order chi connectivity index (χ1) is 9.24. The number of carboxylic acids is 1. The Morgan fingerprint density at radius 1 is 1.35 bits per heavy atom. The van der Waals surface area contributed by atoms with E-state index in [-0.39, 0.29) is 5.56 Å². The molecule has 1 atom stereocenters. The van der Waals surface area contributed by atoms with Crippen LogP contribution in [-0.4, -0.2) is 35.5 Å². The lowest BCUT2D eigenvalue weighted by atomic mass is 10.1. The van der Waals surface area contributed by atoms with Crippen molar-refractivity contribution in [3.05, 3.63) is 29.8 Å². The zero-order chi connectivity index (χ0) is 15.3. The highest BCUT2D eigenvalue weighted by Crippen LogP contribution is 2.23. The van der Waals surface area contributed by atoms with E-state index in [1.807, 2.05) is 5.32 Å². The second kappa shape index (κ2) is 6.65. The van der Waals surface area contributed by atoms with E-state index in [0.29, 0.717) is 4.90 Å². The lowest BCUT2D eigenvalue weighted by Crippen LogP contribution is -2.43. The van der Waals surface area contributed by atoms with E-state index in [0.717, 1.165) is 0 Å². The molecule has 0 aliphatic carbocycles. The van der Waals surface area contributed by atoms with Crippen LogP contribution in [0, 0.1) is 0 Å². The summed E-state index contributed by atoms with van der Waals surface area (Å²) in [7, 11) is 0. The Labute approximate surface area is 117 Å². The van der Waals surface area contributed by atoms with Crippen LogP contribution in [0.2, 0.25) is 0 Å². The number of hydrogen-bond donors (Lipinski definition) is 2. The second-order valence-electron chi connectivity index (χ2n) is 3.88. The number of halogens is 3. The zero-order valence-corrected chi connectivity index (χ0v) is 11.2. The summed E-state index contributed by atoms with van der Waals surface area (Å²) in [6.07, 6.45) is -4.58. The molecule has 0 spiro atoms. The molecule has 1 rings (SSSR count). The van der Waals surface area contributed by atoms with Gasteiger partial charge in [-0.05, 0) is 18.4 Å². The Bertz CT molecular complexity index is 505. The lowest BCUT2D eigenvalue weighted by Gasteiger charge is -2.17. The lowest BCUT2D eigenvalue weighted by molar-refractivity contribution is -0.157. The van der Waals surface area contributed by atoms with Crippen LogP contribution in [0.15, 0.2) is 29.2 Å². The molecule has 0 saturated heterocycles. The number of benzene rings is 1. The van der Waals surface area contributed by atoms with Gasteiger partial charge in [0.05, 0.1) is 12.0 Å². The molecule has 0 radical (unpaired) electrons. The number of nitrogens with one attached hydrogen (secondary N) is 1. The van der Waals surface area contributed by atoms with E-state index in [1.165, 1.54) is 17.8 Å². The minimum absolute atomic E-state index is 0.147. The number of thioether (sulfide) groups is 1. The van der Waals surface area contributed by atoms with Crippen molar-refractivity contribution >= 4 is 23.6 Å². The van der Waals surface area contributed by atoms with Crippen LogP contribution in [0.4, 0.5) is 13.2 Å². The van der Waals surface area contributed by atoms with Crippen molar-refractivity contribution in [2.75, 3.05) is 6.26 Å². The maximum absolute atomic E-state index is 12.2. The number of hydrogen-bond acceptors (Lipinski definition) is 3. The number of amides is 1. The van der Waals surface area contributed by atoms with Crippen LogP contribution in [-0.2, 0) is 4.79 Å². The molecule has 2 N–H and O–H groups in total. The summed E-state index contributed by atoms with van der Waals surface area (Å²) in [5.41, 5.74) is 0.147. The van der Waals surface area contributed by atoms with Crippen LogP contribution in [0.5, 0.6) is 0 Å². The molecule has 0 aliphatic heterocycles. The third-order valence-corrected chi connectivity index (χ3v) is 3.19. The van der Waals surface area contributed by atoms with Crippen molar-refractivity contribution in [2.45, 2.75) is 23.5 Å². The third kappa shape index (κ3) is 4.76.